The highest BCUT2D eigenvalue weighted by Crippen LogP contribution is 2.50. The fourth-order valence-electron chi connectivity index (χ4n) is 12.1. The molecule has 0 amide bonds. The van der Waals surface area contributed by atoms with E-state index < -0.39 is 0 Å². The molecule has 0 N–H and O–H groups in total. The Labute approximate surface area is 414 Å². The lowest BCUT2D eigenvalue weighted by atomic mass is 9.91. The van der Waals surface area contributed by atoms with E-state index in [0.717, 1.165) is 122 Å². The molecular formula is C66H44N6. The summed E-state index contributed by atoms with van der Waals surface area (Å²) < 4.78 is 9.88. The molecule has 0 unspecified atom stereocenters. The van der Waals surface area contributed by atoms with E-state index in [1.165, 1.54) is 21.5 Å². The smallest absolute Gasteiger partial charge is 0.165 e. The lowest BCUT2D eigenvalue weighted by Gasteiger charge is -2.28. The molecule has 0 atom stereocenters. The van der Waals surface area contributed by atoms with Gasteiger partial charge in [0.2, 0.25) is 0 Å². The monoisotopic (exact) mass is 920 g/mol. The maximum absolute atomic E-state index is 6.39. The highest BCUT2D eigenvalue weighted by atomic mass is 15.2. The zero-order valence-corrected chi connectivity index (χ0v) is 39.6. The van der Waals surface area contributed by atoms with Crippen LogP contribution in [0.1, 0.15) is 11.4 Å². The molecule has 15 rings (SSSR count). The molecule has 0 spiro atoms. The number of pyridine rings is 2. The van der Waals surface area contributed by atoms with Gasteiger partial charge in [-0.1, -0.05) is 176 Å². The van der Waals surface area contributed by atoms with Crippen LogP contribution >= 0.6 is 0 Å². The zero-order valence-electron chi connectivity index (χ0n) is 39.6. The van der Waals surface area contributed by atoms with Crippen molar-refractivity contribution >= 4 is 87.2 Å². The van der Waals surface area contributed by atoms with Crippen LogP contribution < -0.4 is 0 Å². The Morgan fingerprint density at radius 2 is 0.528 bits per heavy atom. The molecule has 9 aromatic carbocycles. The molecule has 0 fully saturated rings. The summed E-state index contributed by atoms with van der Waals surface area (Å²) in [4.78, 5) is 11.5. The van der Waals surface area contributed by atoms with E-state index in [0.29, 0.717) is 0 Å². The van der Waals surface area contributed by atoms with Crippen LogP contribution in [0.4, 0.5) is 0 Å². The van der Waals surface area contributed by atoms with Gasteiger partial charge in [-0.05, 0) is 79.6 Å². The SMILES string of the molecule is Cc1ccc(-c2ccccc2-c2c(-n3c4ccccc4c4ccccc43)c(-n3c4ccccc4c4ccccc43)nc(-n3c4ccccc4c4ccccc43)c2-n2c3ccccc3c3ccccc32)c(C)n1. The van der Waals surface area contributed by atoms with Crippen molar-refractivity contribution in [3.8, 4) is 45.3 Å². The first-order valence-corrected chi connectivity index (χ1v) is 24.7. The Morgan fingerprint density at radius 1 is 0.250 bits per heavy atom. The summed E-state index contributed by atoms with van der Waals surface area (Å²) in [5.74, 6) is 1.62. The van der Waals surface area contributed by atoms with Crippen LogP contribution in [-0.2, 0) is 0 Å². The molecular weight excluding hydrogens is 877 g/mol. The van der Waals surface area contributed by atoms with Crippen molar-refractivity contribution in [1.82, 2.24) is 28.2 Å². The average Bonchev–Trinajstić information content (AvgIpc) is 4.16. The van der Waals surface area contributed by atoms with Crippen LogP contribution in [0.15, 0.2) is 231 Å². The molecule has 15 aromatic rings. The number of aryl methyl sites for hydroxylation is 2. The van der Waals surface area contributed by atoms with E-state index in [1.54, 1.807) is 0 Å². The zero-order chi connectivity index (χ0) is 47.6. The third kappa shape index (κ3) is 5.66. The van der Waals surface area contributed by atoms with Crippen molar-refractivity contribution < 1.29 is 0 Å². The van der Waals surface area contributed by atoms with Crippen molar-refractivity contribution in [1.29, 1.82) is 0 Å². The summed E-state index contributed by atoms with van der Waals surface area (Å²) in [6.07, 6.45) is 0. The maximum atomic E-state index is 6.39. The number of hydrogen-bond acceptors (Lipinski definition) is 2. The van der Waals surface area contributed by atoms with Crippen molar-refractivity contribution in [3.05, 3.63) is 242 Å². The van der Waals surface area contributed by atoms with Gasteiger partial charge in [0.25, 0.3) is 0 Å². The van der Waals surface area contributed by atoms with Gasteiger partial charge in [-0.15, -0.1) is 0 Å². The Balaban J connectivity index is 1.30. The Kier molecular flexibility index (Phi) is 8.69. The van der Waals surface area contributed by atoms with Crippen LogP contribution in [0, 0.1) is 13.8 Å². The van der Waals surface area contributed by atoms with E-state index in [1.807, 2.05) is 0 Å². The van der Waals surface area contributed by atoms with Crippen LogP contribution in [0.2, 0.25) is 0 Å². The summed E-state index contributed by atoms with van der Waals surface area (Å²) in [5.41, 5.74) is 16.8. The first-order chi connectivity index (χ1) is 35.6. The summed E-state index contributed by atoms with van der Waals surface area (Å²) in [5, 5.41) is 9.33. The quantitative estimate of drug-likeness (QED) is 0.167. The molecule has 0 aliphatic rings. The minimum atomic E-state index is 0.809. The molecule has 338 valence electrons. The predicted molar refractivity (Wildman–Crippen MR) is 300 cm³/mol. The van der Waals surface area contributed by atoms with E-state index in [4.69, 9.17) is 9.97 Å². The van der Waals surface area contributed by atoms with Crippen LogP contribution in [-0.4, -0.2) is 28.2 Å². The van der Waals surface area contributed by atoms with Gasteiger partial charge in [0.1, 0.15) is 11.4 Å². The lowest BCUT2D eigenvalue weighted by molar-refractivity contribution is 0.961. The van der Waals surface area contributed by atoms with E-state index in [2.05, 4.69) is 263 Å². The second kappa shape index (κ2) is 15.5. The maximum Gasteiger partial charge on any atom is 0.165 e. The summed E-state index contributed by atoms with van der Waals surface area (Å²) in [6.45, 7) is 4.21. The molecule has 0 aliphatic heterocycles. The lowest BCUT2D eigenvalue weighted by Crippen LogP contribution is -2.16. The Morgan fingerprint density at radius 3 is 0.847 bits per heavy atom. The second-order valence-corrected chi connectivity index (χ2v) is 18.9. The van der Waals surface area contributed by atoms with Gasteiger partial charge >= 0.3 is 0 Å². The third-order valence-corrected chi connectivity index (χ3v) is 15.0. The van der Waals surface area contributed by atoms with Gasteiger partial charge in [-0.3, -0.25) is 14.1 Å². The fourth-order valence-corrected chi connectivity index (χ4v) is 12.1. The van der Waals surface area contributed by atoms with Crippen molar-refractivity contribution in [3.63, 3.8) is 0 Å². The first-order valence-electron chi connectivity index (χ1n) is 24.7. The topological polar surface area (TPSA) is 45.5 Å². The minimum Gasteiger partial charge on any atom is -0.305 e. The largest absolute Gasteiger partial charge is 0.305 e. The fraction of sp³-hybridized carbons (Fsp3) is 0.0303. The average molecular weight is 921 g/mol. The molecule has 0 saturated carbocycles. The van der Waals surface area contributed by atoms with Gasteiger partial charge in [0, 0.05) is 65.6 Å². The number of nitrogens with zero attached hydrogens (tertiary/aromatic N) is 6. The Hall–Kier alpha value is -9.52. The molecule has 0 saturated heterocycles. The van der Waals surface area contributed by atoms with Gasteiger partial charge in [-0.2, -0.15) is 0 Å². The summed E-state index contributed by atoms with van der Waals surface area (Å²) in [7, 11) is 0. The predicted octanol–water partition coefficient (Wildman–Crippen LogP) is 16.8. The molecule has 6 heterocycles. The van der Waals surface area contributed by atoms with Gasteiger partial charge in [0.15, 0.2) is 11.6 Å². The van der Waals surface area contributed by atoms with Gasteiger partial charge < -0.3 is 9.13 Å². The normalized spacial score (nSPS) is 12.0. The number of rotatable bonds is 6. The molecule has 6 nitrogen and oxygen atoms in total. The van der Waals surface area contributed by atoms with Crippen molar-refractivity contribution in [2.24, 2.45) is 0 Å². The standard InChI is InChI=1S/C66H44N6/c1-41-39-40-43(42(2)67-41)44-21-3-4-30-53(44)62-63(69-54-31-13-5-22-45(54)46-23-6-14-32-55(46)69)65(71-58-35-17-9-26-49(58)50-27-10-18-36-59(50)71)68-66(72-60-37-19-11-28-51(60)52-29-12-20-38-61(52)72)64(62)70-56-33-15-7-24-47(56)48-25-8-16-34-57(48)70/h3-40H,1-2H3. The minimum absolute atomic E-state index is 0.809. The van der Waals surface area contributed by atoms with Crippen LogP contribution in [0.5, 0.6) is 0 Å². The summed E-state index contributed by atoms with van der Waals surface area (Å²) in [6, 6.07) is 84.0. The number of benzene rings is 9. The second-order valence-electron chi connectivity index (χ2n) is 18.9. The number of hydrogen-bond donors (Lipinski definition) is 0. The highest BCUT2D eigenvalue weighted by Gasteiger charge is 2.33. The number of para-hydroxylation sites is 8. The van der Waals surface area contributed by atoms with Crippen molar-refractivity contribution in [2.75, 3.05) is 0 Å². The number of fused-ring (bicyclic) bond motifs is 12. The molecule has 0 bridgehead atoms. The molecule has 72 heavy (non-hydrogen) atoms. The Bertz CT molecular complexity index is 4270. The molecule has 0 radical (unpaired) electrons. The summed E-state index contributed by atoms with van der Waals surface area (Å²) >= 11 is 0. The van der Waals surface area contributed by atoms with Crippen molar-refractivity contribution in [2.45, 2.75) is 13.8 Å². The number of aromatic nitrogens is 6. The highest BCUT2D eigenvalue weighted by molar-refractivity contribution is 6.16. The molecule has 6 heteroatoms. The van der Waals surface area contributed by atoms with Crippen LogP contribution in [0.3, 0.4) is 0 Å². The van der Waals surface area contributed by atoms with E-state index in [-0.39, 0.29) is 0 Å². The van der Waals surface area contributed by atoms with E-state index in [9.17, 15) is 0 Å². The van der Waals surface area contributed by atoms with Gasteiger partial charge in [0.05, 0.1) is 44.1 Å². The van der Waals surface area contributed by atoms with Crippen LogP contribution in [0.25, 0.3) is 132 Å². The molecule has 0 aliphatic carbocycles. The first kappa shape index (κ1) is 40.4. The van der Waals surface area contributed by atoms with Gasteiger partial charge in [-0.25, -0.2) is 4.98 Å². The van der Waals surface area contributed by atoms with E-state index >= 15 is 0 Å². The third-order valence-electron chi connectivity index (χ3n) is 15.0. The molecule has 6 aromatic heterocycles.